The van der Waals surface area contributed by atoms with Gasteiger partial charge in [-0.25, -0.2) is 8.78 Å². The Bertz CT molecular complexity index is 616. The van der Waals surface area contributed by atoms with Crippen molar-refractivity contribution in [3.63, 3.8) is 0 Å². The fourth-order valence-electron chi connectivity index (χ4n) is 3.63. The normalized spacial score (nSPS) is 24.4. The van der Waals surface area contributed by atoms with Crippen molar-refractivity contribution in [3.8, 4) is 0 Å². The second-order valence-corrected chi connectivity index (χ2v) is 7.26. The van der Waals surface area contributed by atoms with Crippen LogP contribution in [0.4, 0.5) is 8.78 Å². The predicted octanol–water partition coefficient (Wildman–Crippen LogP) is 1.49. The summed E-state index contributed by atoms with van der Waals surface area (Å²) in [5.41, 5.74) is 1.49. The Balaban J connectivity index is 1.61. The lowest BCUT2D eigenvalue weighted by molar-refractivity contribution is -0.0115. The summed E-state index contributed by atoms with van der Waals surface area (Å²) in [6.45, 7) is 3.31. The fraction of sp³-hybridized carbons (Fsp3) is 0.647. The molecule has 1 aromatic heterocycles. The Hall–Kier alpha value is -1.60. The van der Waals surface area contributed by atoms with Crippen LogP contribution in [0.25, 0.3) is 0 Å². The molecule has 1 unspecified atom stereocenters. The third-order valence-corrected chi connectivity index (χ3v) is 4.73. The highest BCUT2D eigenvalue weighted by Crippen LogP contribution is 2.35. The van der Waals surface area contributed by atoms with Gasteiger partial charge in [0.2, 0.25) is 0 Å². The van der Waals surface area contributed by atoms with Crippen molar-refractivity contribution in [1.82, 2.24) is 19.7 Å². The van der Waals surface area contributed by atoms with Crippen molar-refractivity contribution in [2.45, 2.75) is 31.4 Å². The average Bonchev–Trinajstić information content (AvgIpc) is 2.71. The number of carbonyl (C=O) groups excluding carboxylic acids is 1. The molecule has 1 atom stereocenters. The summed E-state index contributed by atoms with van der Waals surface area (Å²) < 4.78 is 27.7. The lowest BCUT2D eigenvalue weighted by atomic mass is 10.0. The maximum atomic E-state index is 13.8. The van der Waals surface area contributed by atoms with Gasteiger partial charge in [-0.2, -0.15) is 0 Å². The molecule has 2 saturated heterocycles. The molecule has 0 aliphatic carbocycles. The Morgan fingerprint density at radius 3 is 2.71 bits per heavy atom. The first-order valence-corrected chi connectivity index (χ1v) is 8.24. The molecule has 1 aromatic rings. The Morgan fingerprint density at radius 1 is 1.38 bits per heavy atom. The third kappa shape index (κ3) is 3.57. The highest BCUT2D eigenvalue weighted by molar-refractivity contribution is 5.94. The second-order valence-electron chi connectivity index (χ2n) is 7.26. The van der Waals surface area contributed by atoms with Crippen molar-refractivity contribution in [2.24, 2.45) is 0 Å². The van der Waals surface area contributed by atoms with E-state index in [0.29, 0.717) is 25.2 Å². The van der Waals surface area contributed by atoms with E-state index >= 15 is 0 Å². The van der Waals surface area contributed by atoms with Crippen LogP contribution in [0, 0.1) is 6.92 Å². The molecule has 3 heterocycles. The van der Waals surface area contributed by atoms with E-state index in [0.717, 1.165) is 5.56 Å². The number of alkyl halides is 2. The maximum absolute atomic E-state index is 13.8. The van der Waals surface area contributed by atoms with Gasteiger partial charge >= 0.3 is 0 Å². The van der Waals surface area contributed by atoms with Gasteiger partial charge in [-0.3, -0.25) is 14.7 Å². The van der Waals surface area contributed by atoms with Gasteiger partial charge in [0.1, 0.15) is 0 Å². The van der Waals surface area contributed by atoms with Crippen LogP contribution >= 0.6 is 0 Å². The molecule has 0 radical (unpaired) electrons. The summed E-state index contributed by atoms with van der Waals surface area (Å²) in [6, 6.07) is 1.67. The highest BCUT2D eigenvalue weighted by atomic mass is 19.3. The number of amides is 1. The van der Waals surface area contributed by atoms with E-state index in [4.69, 9.17) is 0 Å². The zero-order valence-electron chi connectivity index (χ0n) is 14.4. The van der Waals surface area contributed by atoms with Crippen LogP contribution in [0.15, 0.2) is 18.5 Å². The zero-order chi connectivity index (χ0) is 17.5. The first-order chi connectivity index (χ1) is 11.2. The average molecular weight is 338 g/mol. The monoisotopic (exact) mass is 338 g/mol. The van der Waals surface area contributed by atoms with Gasteiger partial charge in [-0.05, 0) is 32.6 Å². The third-order valence-electron chi connectivity index (χ3n) is 4.73. The van der Waals surface area contributed by atoms with Gasteiger partial charge in [0, 0.05) is 50.5 Å². The number of rotatable bonds is 4. The van der Waals surface area contributed by atoms with Crippen molar-refractivity contribution in [3.05, 3.63) is 29.6 Å². The topological polar surface area (TPSA) is 39.7 Å². The molecule has 0 N–H and O–H groups in total. The molecular formula is C17H24F2N4O. The molecule has 2 aliphatic rings. The molecular weight excluding hydrogens is 314 g/mol. The van der Waals surface area contributed by atoms with Crippen molar-refractivity contribution in [2.75, 3.05) is 40.3 Å². The number of likely N-dealkylation sites (N-methyl/N-ethyl adjacent to an activating group) is 1. The van der Waals surface area contributed by atoms with Crippen LogP contribution in [-0.2, 0) is 0 Å². The molecule has 0 spiro atoms. The van der Waals surface area contributed by atoms with Crippen molar-refractivity contribution >= 4 is 5.91 Å². The summed E-state index contributed by atoms with van der Waals surface area (Å²) in [5, 5.41) is 0. The smallest absolute Gasteiger partial charge is 0.262 e. The number of pyridine rings is 1. The van der Waals surface area contributed by atoms with Crippen LogP contribution in [0.3, 0.4) is 0 Å². The number of aryl methyl sites for hydroxylation is 1. The van der Waals surface area contributed by atoms with Crippen LogP contribution in [0.2, 0.25) is 0 Å². The summed E-state index contributed by atoms with van der Waals surface area (Å²) in [4.78, 5) is 22.0. The van der Waals surface area contributed by atoms with Gasteiger partial charge in [-0.15, -0.1) is 0 Å². The van der Waals surface area contributed by atoms with E-state index in [9.17, 15) is 13.6 Å². The van der Waals surface area contributed by atoms with Crippen LogP contribution in [0.1, 0.15) is 22.3 Å². The molecule has 24 heavy (non-hydrogen) atoms. The minimum atomic E-state index is -2.63. The number of likely N-dealkylation sites (tertiary alicyclic amines) is 2. The van der Waals surface area contributed by atoms with Gasteiger partial charge in [0.05, 0.1) is 12.1 Å². The molecule has 132 valence electrons. The molecule has 0 bridgehead atoms. The van der Waals surface area contributed by atoms with Gasteiger partial charge < -0.3 is 9.80 Å². The molecule has 2 aliphatic heterocycles. The van der Waals surface area contributed by atoms with E-state index in [2.05, 4.69) is 4.98 Å². The zero-order valence-corrected chi connectivity index (χ0v) is 14.4. The minimum absolute atomic E-state index is 0.0186. The number of hydrogen-bond acceptors (Lipinski definition) is 4. The summed E-state index contributed by atoms with van der Waals surface area (Å²) >= 11 is 0. The molecule has 0 aromatic carbocycles. The predicted molar refractivity (Wildman–Crippen MR) is 87.3 cm³/mol. The lowest BCUT2D eigenvalue weighted by Crippen LogP contribution is -2.63. The Kier molecular flexibility index (Phi) is 4.57. The van der Waals surface area contributed by atoms with E-state index in [1.54, 1.807) is 17.3 Å². The minimum Gasteiger partial charge on any atom is -0.335 e. The first-order valence-electron chi connectivity index (χ1n) is 8.24. The van der Waals surface area contributed by atoms with Crippen LogP contribution in [-0.4, -0.2) is 83.9 Å². The number of hydrogen-bond donors (Lipinski definition) is 0. The number of carbonyl (C=O) groups is 1. The Morgan fingerprint density at radius 2 is 2.08 bits per heavy atom. The van der Waals surface area contributed by atoms with E-state index in [1.165, 1.54) is 0 Å². The quantitative estimate of drug-likeness (QED) is 0.834. The SMILES string of the molecule is Cc1cncc(C(=O)N2CC(N3CC(F)(F)CC3CN(C)C)C2)c1. The van der Waals surface area contributed by atoms with Crippen LogP contribution < -0.4 is 0 Å². The molecule has 0 saturated carbocycles. The second kappa shape index (κ2) is 6.37. The maximum Gasteiger partial charge on any atom is 0.262 e. The molecule has 3 rings (SSSR count). The number of aromatic nitrogens is 1. The summed E-state index contributed by atoms with van der Waals surface area (Å²) in [7, 11) is 3.80. The largest absolute Gasteiger partial charge is 0.335 e. The molecule has 7 heteroatoms. The number of halogens is 2. The lowest BCUT2D eigenvalue weighted by Gasteiger charge is -2.46. The Labute approximate surface area is 141 Å². The van der Waals surface area contributed by atoms with Crippen LogP contribution in [0.5, 0.6) is 0 Å². The van der Waals surface area contributed by atoms with E-state index in [1.807, 2.05) is 36.9 Å². The number of nitrogens with zero attached hydrogens (tertiary/aromatic N) is 4. The first kappa shape index (κ1) is 17.2. The molecule has 1 amide bonds. The van der Waals surface area contributed by atoms with Gasteiger partial charge in [0.25, 0.3) is 11.8 Å². The van der Waals surface area contributed by atoms with Gasteiger partial charge in [-0.1, -0.05) is 0 Å². The van der Waals surface area contributed by atoms with Crippen molar-refractivity contribution < 1.29 is 13.6 Å². The molecule has 2 fully saturated rings. The fourth-order valence-corrected chi connectivity index (χ4v) is 3.63. The van der Waals surface area contributed by atoms with Crippen molar-refractivity contribution in [1.29, 1.82) is 0 Å². The van der Waals surface area contributed by atoms with E-state index in [-0.39, 0.29) is 31.0 Å². The highest BCUT2D eigenvalue weighted by Gasteiger charge is 2.50. The summed E-state index contributed by atoms with van der Waals surface area (Å²) in [6.07, 6.45) is 3.16. The van der Waals surface area contributed by atoms with Gasteiger partial charge in [0.15, 0.2) is 0 Å². The molecule has 5 nitrogen and oxygen atoms in total. The van der Waals surface area contributed by atoms with E-state index < -0.39 is 5.92 Å². The standard InChI is InChI=1S/C17H24F2N4O/c1-12-4-13(7-20-6-12)16(24)22-9-15(10-22)23-11-17(18,19)5-14(23)8-21(2)3/h4,6-7,14-15H,5,8-11H2,1-3H3. The summed E-state index contributed by atoms with van der Waals surface area (Å²) in [5.74, 6) is -2.71.